The maximum Gasteiger partial charge on any atom is 0.200 e. The van der Waals surface area contributed by atoms with Crippen molar-refractivity contribution < 1.29 is 22.8 Å². The summed E-state index contributed by atoms with van der Waals surface area (Å²) in [5, 5.41) is 0.377. The van der Waals surface area contributed by atoms with Crippen molar-refractivity contribution in [2.75, 3.05) is 19.8 Å². The van der Waals surface area contributed by atoms with Crippen molar-refractivity contribution in [1.82, 2.24) is 14.5 Å². The molecule has 30 heavy (non-hydrogen) atoms. The second kappa shape index (κ2) is 7.72. The van der Waals surface area contributed by atoms with Gasteiger partial charge in [0.15, 0.2) is 11.4 Å². The third-order valence-electron chi connectivity index (χ3n) is 5.57. The first-order valence-corrected chi connectivity index (χ1v) is 11.1. The molecule has 1 saturated heterocycles. The molecular formula is C21H22FN3O4S. The SMILES string of the molecule is Cn1c(S(=O)Cc2cc(OCC3OCC4(CC4)CO3)ccn2)nc2cc(F)ccc21. The summed E-state index contributed by atoms with van der Waals surface area (Å²) in [5.74, 6) is 0.418. The zero-order chi connectivity index (χ0) is 20.7. The van der Waals surface area contributed by atoms with Gasteiger partial charge in [0, 0.05) is 30.8 Å². The monoisotopic (exact) mass is 431 g/mol. The average Bonchev–Trinajstić information content (AvgIpc) is 3.42. The van der Waals surface area contributed by atoms with E-state index in [1.54, 1.807) is 36.0 Å². The van der Waals surface area contributed by atoms with Crippen LogP contribution in [-0.4, -0.2) is 44.9 Å². The van der Waals surface area contributed by atoms with Crippen LogP contribution < -0.4 is 4.74 Å². The Balaban J connectivity index is 1.23. The Labute approximate surface area is 175 Å². The molecule has 5 rings (SSSR count). The van der Waals surface area contributed by atoms with Gasteiger partial charge in [-0.3, -0.25) is 9.19 Å². The van der Waals surface area contributed by atoms with E-state index in [4.69, 9.17) is 14.2 Å². The molecule has 1 atom stereocenters. The Morgan fingerprint density at radius 3 is 2.83 bits per heavy atom. The Kier molecular flexibility index (Phi) is 5.04. The zero-order valence-electron chi connectivity index (χ0n) is 16.5. The molecule has 1 aliphatic heterocycles. The summed E-state index contributed by atoms with van der Waals surface area (Å²) in [7, 11) is 0.326. The molecule has 0 N–H and O–H groups in total. The first-order chi connectivity index (χ1) is 14.5. The van der Waals surface area contributed by atoms with Crippen LogP contribution in [-0.2, 0) is 33.1 Å². The van der Waals surface area contributed by atoms with Crippen molar-refractivity contribution in [1.29, 1.82) is 0 Å². The number of hydrogen-bond acceptors (Lipinski definition) is 6. The molecule has 3 aromatic rings. The largest absolute Gasteiger partial charge is 0.488 e. The minimum atomic E-state index is -1.44. The Bertz CT molecular complexity index is 1100. The molecule has 2 fully saturated rings. The van der Waals surface area contributed by atoms with Crippen molar-refractivity contribution >= 4 is 21.8 Å². The highest BCUT2D eigenvalue weighted by atomic mass is 32.2. The number of hydrogen-bond donors (Lipinski definition) is 0. The van der Waals surface area contributed by atoms with Crippen LogP contribution in [0.3, 0.4) is 0 Å². The predicted octanol–water partition coefficient (Wildman–Crippen LogP) is 2.95. The number of nitrogens with zero attached hydrogens (tertiary/aromatic N) is 3. The molecule has 1 saturated carbocycles. The topological polar surface area (TPSA) is 75.5 Å². The van der Waals surface area contributed by atoms with E-state index in [1.165, 1.54) is 25.0 Å². The summed E-state index contributed by atoms with van der Waals surface area (Å²) >= 11 is 0. The molecule has 2 aliphatic rings. The highest BCUT2D eigenvalue weighted by Crippen LogP contribution is 2.48. The van der Waals surface area contributed by atoms with Crippen LogP contribution in [0.1, 0.15) is 18.5 Å². The molecule has 0 bridgehead atoms. The van der Waals surface area contributed by atoms with E-state index in [-0.39, 0.29) is 23.3 Å². The number of ether oxygens (including phenoxy) is 3. The van der Waals surface area contributed by atoms with Crippen LogP contribution in [0, 0.1) is 11.2 Å². The van der Waals surface area contributed by atoms with Crippen LogP contribution in [0.4, 0.5) is 4.39 Å². The standard InChI is InChI=1S/C21H22FN3O4S/c1-25-18-3-2-14(22)8-17(18)24-20(25)30(26)11-15-9-16(4-7-23-15)27-10-19-28-12-21(5-6-21)13-29-19/h2-4,7-9,19H,5-6,10-13H2,1H3. The summed E-state index contributed by atoms with van der Waals surface area (Å²) in [6.07, 6.45) is 3.59. The zero-order valence-corrected chi connectivity index (χ0v) is 17.4. The van der Waals surface area contributed by atoms with Crippen molar-refractivity contribution in [3.63, 3.8) is 0 Å². The molecule has 1 aromatic carbocycles. The number of rotatable bonds is 6. The second-order valence-electron chi connectivity index (χ2n) is 7.92. The Hall–Kier alpha value is -2.36. The Morgan fingerprint density at radius 2 is 2.07 bits per heavy atom. The quantitative estimate of drug-likeness (QED) is 0.597. The normalized spacial score (nSPS) is 19.3. The highest BCUT2D eigenvalue weighted by molar-refractivity contribution is 7.84. The van der Waals surface area contributed by atoms with Gasteiger partial charge in [0.1, 0.15) is 18.2 Å². The molecule has 2 aromatic heterocycles. The lowest BCUT2D eigenvalue weighted by Gasteiger charge is -2.29. The van der Waals surface area contributed by atoms with Crippen LogP contribution in [0.15, 0.2) is 41.7 Å². The molecule has 1 aliphatic carbocycles. The molecule has 1 spiro atoms. The lowest BCUT2D eigenvalue weighted by atomic mass is 10.1. The lowest BCUT2D eigenvalue weighted by Crippen LogP contribution is -2.36. The summed E-state index contributed by atoms with van der Waals surface area (Å²) < 4.78 is 45.3. The van der Waals surface area contributed by atoms with Crippen molar-refractivity contribution in [3.05, 3.63) is 48.0 Å². The van der Waals surface area contributed by atoms with Crippen LogP contribution >= 0.6 is 0 Å². The maximum atomic E-state index is 13.5. The molecule has 0 radical (unpaired) electrons. The fourth-order valence-corrected chi connectivity index (χ4v) is 4.69. The fraction of sp³-hybridized carbons (Fsp3) is 0.429. The predicted molar refractivity (Wildman–Crippen MR) is 108 cm³/mol. The summed E-state index contributed by atoms with van der Waals surface area (Å²) in [6, 6.07) is 7.83. The Morgan fingerprint density at radius 1 is 1.27 bits per heavy atom. The number of benzene rings is 1. The van der Waals surface area contributed by atoms with E-state index in [1.807, 2.05) is 0 Å². The minimum absolute atomic E-state index is 0.176. The van der Waals surface area contributed by atoms with Gasteiger partial charge in [0.25, 0.3) is 0 Å². The molecule has 0 amide bonds. The minimum Gasteiger partial charge on any atom is -0.488 e. The molecule has 7 nitrogen and oxygen atoms in total. The second-order valence-corrected chi connectivity index (χ2v) is 9.27. The van der Waals surface area contributed by atoms with Gasteiger partial charge in [-0.1, -0.05) is 0 Å². The third-order valence-corrected chi connectivity index (χ3v) is 6.90. The first-order valence-electron chi connectivity index (χ1n) is 9.83. The summed E-state index contributed by atoms with van der Waals surface area (Å²) in [5.41, 5.74) is 2.08. The maximum absolute atomic E-state index is 13.5. The average molecular weight is 431 g/mol. The van der Waals surface area contributed by atoms with E-state index in [9.17, 15) is 8.60 Å². The lowest BCUT2D eigenvalue weighted by molar-refractivity contribution is -0.217. The smallest absolute Gasteiger partial charge is 0.200 e. The summed E-state index contributed by atoms with van der Waals surface area (Å²) in [4.78, 5) is 8.63. The van der Waals surface area contributed by atoms with Crippen molar-refractivity contribution in [2.45, 2.75) is 30.0 Å². The molecule has 3 heterocycles. The van der Waals surface area contributed by atoms with Gasteiger partial charge in [-0.05, 0) is 31.0 Å². The van der Waals surface area contributed by atoms with E-state index in [2.05, 4.69) is 9.97 Å². The van der Waals surface area contributed by atoms with E-state index < -0.39 is 10.8 Å². The van der Waals surface area contributed by atoms with Gasteiger partial charge in [0.2, 0.25) is 0 Å². The van der Waals surface area contributed by atoms with Gasteiger partial charge in [-0.15, -0.1) is 0 Å². The number of aromatic nitrogens is 3. The van der Waals surface area contributed by atoms with Gasteiger partial charge < -0.3 is 18.8 Å². The number of pyridine rings is 1. The van der Waals surface area contributed by atoms with Crippen LogP contribution in [0.5, 0.6) is 5.75 Å². The third kappa shape index (κ3) is 3.97. The molecule has 158 valence electrons. The van der Waals surface area contributed by atoms with E-state index >= 15 is 0 Å². The first kappa shape index (κ1) is 19.6. The van der Waals surface area contributed by atoms with Crippen molar-refractivity contribution in [3.8, 4) is 5.75 Å². The molecule has 9 heteroatoms. The van der Waals surface area contributed by atoms with Crippen molar-refractivity contribution in [2.24, 2.45) is 12.5 Å². The van der Waals surface area contributed by atoms with Gasteiger partial charge in [-0.2, -0.15) is 0 Å². The summed E-state index contributed by atoms with van der Waals surface area (Å²) in [6.45, 7) is 1.74. The number of aryl methyl sites for hydroxylation is 1. The van der Waals surface area contributed by atoms with Crippen LogP contribution in [0.25, 0.3) is 11.0 Å². The van der Waals surface area contributed by atoms with Gasteiger partial charge >= 0.3 is 0 Å². The fourth-order valence-electron chi connectivity index (χ4n) is 3.53. The van der Waals surface area contributed by atoms with Gasteiger partial charge in [0.05, 0.1) is 46.5 Å². The highest BCUT2D eigenvalue weighted by Gasteiger charge is 2.47. The van der Waals surface area contributed by atoms with E-state index in [0.29, 0.717) is 28.7 Å². The number of imidazole rings is 1. The molecular weight excluding hydrogens is 409 g/mol. The molecule has 1 unspecified atom stereocenters. The number of fused-ring (bicyclic) bond motifs is 1. The van der Waals surface area contributed by atoms with Gasteiger partial charge in [-0.25, -0.2) is 9.37 Å². The van der Waals surface area contributed by atoms with E-state index in [0.717, 1.165) is 18.7 Å². The number of halogens is 1. The van der Waals surface area contributed by atoms with Crippen LogP contribution in [0.2, 0.25) is 0 Å².